The first-order valence-electron chi connectivity index (χ1n) is 9.39. The van der Waals surface area contributed by atoms with Gasteiger partial charge in [0, 0.05) is 37.6 Å². The Morgan fingerprint density at radius 1 is 1.17 bits per heavy atom. The van der Waals surface area contributed by atoms with Crippen molar-refractivity contribution in [1.29, 1.82) is 0 Å². The third kappa shape index (κ3) is 4.29. The number of anilines is 2. The monoisotopic (exact) mass is 329 g/mol. The summed E-state index contributed by atoms with van der Waals surface area (Å²) in [5.74, 6) is 1.47. The van der Waals surface area contributed by atoms with Crippen molar-refractivity contribution in [3.8, 4) is 0 Å². The number of carbonyl (C=O) groups is 1. The largest absolute Gasteiger partial charge is 0.372 e. The number of amides is 1. The van der Waals surface area contributed by atoms with E-state index in [2.05, 4.69) is 54.1 Å². The van der Waals surface area contributed by atoms with Crippen molar-refractivity contribution in [3.63, 3.8) is 0 Å². The van der Waals surface area contributed by atoms with Crippen molar-refractivity contribution < 1.29 is 4.79 Å². The van der Waals surface area contributed by atoms with Gasteiger partial charge >= 0.3 is 0 Å². The zero-order valence-electron chi connectivity index (χ0n) is 15.3. The van der Waals surface area contributed by atoms with Crippen molar-refractivity contribution in [2.24, 2.45) is 11.8 Å². The van der Waals surface area contributed by atoms with Gasteiger partial charge in [0.2, 0.25) is 5.91 Å². The number of likely N-dealkylation sites (tertiary alicyclic amines) is 1. The maximum Gasteiger partial charge on any atom is 0.238 e. The molecule has 0 aliphatic carbocycles. The molecule has 2 aliphatic heterocycles. The second kappa shape index (κ2) is 7.56. The minimum Gasteiger partial charge on any atom is -0.372 e. The molecule has 2 unspecified atom stereocenters. The molecular formula is C20H31N3O. The Labute approximate surface area is 146 Å². The Morgan fingerprint density at radius 2 is 1.83 bits per heavy atom. The molecule has 0 aromatic heterocycles. The highest BCUT2D eigenvalue weighted by atomic mass is 16.2. The van der Waals surface area contributed by atoms with E-state index in [0.29, 0.717) is 18.4 Å². The summed E-state index contributed by atoms with van der Waals surface area (Å²) in [4.78, 5) is 17.1. The molecule has 4 nitrogen and oxygen atoms in total. The molecule has 2 atom stereocenters. The van der Waals surface area contributed by atoms with Gasteiger partial charge in [0.05, 0.1) is 6.54 Å². The van der Waals surface area contributed by atoms with E-state index in [0.717, 1.165) is 37.4 Å². The van der Waals surface area contributed by atoms with E-state index in [1.165, 1.54) is 24.9 Å². The van der Waals surface area contributed by atoms with Crippen LogP contribution in [-0.4, -0.2) is 43.5 Å². The first-order valence-corrected chi connectivity index (χ1v) is 9.39. The van der Waals surface area contributed by atoms with Crippen molar-refractivity contribution in [2.45, 2.75) is 40.0 Å². The van der Waals surface area contributed by atoms with Crippen LogP contribution in [0.15, 0.2) is 18.2 Å². The van der Waals surface area contributed by atoms with Crippen LogP contribution in [0.25, 0.3) is 0 Å². The normalized spacial score (nSPS) is 25.0. The summed E-state index contributed by atoms with van der Waals surface area (Å²) in [6, 6.07) is 6.40. The molecule has 0 saturated carbocycles. The summed E-state index contributed by atoms with van der Waals surface area (Å²) in [5.41, 5.74) is 3.37. The quantitative estimate of drug-likeness (QED) is 0.918. The van der Waals surface area contributed by atoms with Crippen LogP contribution in [0.2, 0.25) is 0 Å². The van der Waals surface area contributed by atoms with Gasteiger partial charge in [-0.3, -0.25) is 9.69 Å². The Hall–Kier alpha value is -1.55. The standard InChI is InChI=1S/C20H31N3O/c1-15-10-16(2)13-22(12-15)14-20(24)21-19-7-6-18(11-17(19)3)23-8-4-5-9-23/h6-7,11,15-16H,4-5,8-10,12-14H2,1-3H3,(H,21,24). The Balaban J connectivity index is 1.57. The molecule has 0 radical (unpaired) electrons. The Morgan fingerprint density at radius 3 is 2.46 bits per heavy atom. The predicted molar refractivity (Wildman–Crippen MR) is 101 cm³/mol. The molecule has 2 fully saturated rings. The molecule has 3 rings (SSSR count). The fraction of sp³-hybridized carbons (Fsp3) is 0.650. The second-order valence-electron chi connectivity index (χ2n) is 7.88. The van der Waals surface area contributed by atoms with Crippen LogP contribution < -0.4 is 10.2 Å². The van der Waals surface area contributed by atoms with Crippen LogP contribution in [0.3, 0.4) is 0 Å². The van der Waals surface area contributed by atoms with Gasteiger partial charge in [-0.1, -0.05) is 13.8 Å². The van der Waals surface area contributed by atoms with Crippen molar-refractivity contribution in [3.05, 3.63) is 23.8 Å². The summed E-state index contributed by atoms with van der Waals surface area (Å²) in [7, 11) is 0. The van der Waals surface area contributed by atoms with Gasteiger partial charge < -0.3 is 10.2 Å². The number of rotatable bonds is 4. The molecular weight excluding hydrogens is 298 g/mol. The molecule has 4 heteroatoms. The van der Waals surface area contributed by atoms with Crippen LogP contribution in [0.4, 0.5) is 11.4 Å². The average molecular weight is 329 g/mol. The summed E-state index contributed by atoms with van der Waals surface area (Å²) >= 11 is 0. The molecule has 1 amide bonds. The van der Waals surface area contributed by atoms with Gasteiger partial charge in [-0.05, 0) is 61.8 Å². The van der Waals surface area contributed by atoms with Gasteiger partial charge in [-0.2, -0.15) is 0 Å². The number of nitrogens with zero attached hydrogens (tertiary/aromatic N) is 2. The van der Waals surface area contributed by atoms with Crippen molar-refractivity contribution in [1.82, 2.24) is 4.90 Å². The lowest BCUT2D eigenvalue weighted by Crippen LogP contribution is -2.42. The van der Waals surface area contributed by atoms with Crippen LogP contribution in [0.5, 0.6) is 0 Å². The minimum absolute atomic E-state index is 0.105. The van der Waals surface area contributed by atoms with Crippen LogP contribution in [0.1, 0.15) is 38.7 Å². The summed E-state index contributed by atoms with van der Waals surface area (Å²) in [5, 5.41) is 3.11. The summed E-state index contributed by atoms with van der Waals surface area (Å²) in [6.07, 6.45) is 3.84. The van der Waals surface area contributed by atoms with E-state index in [-0.39, 0.29) is 5.91 Å². The summed E-state index contributed by atoms with van der Waals surface area (Å²) < 4.78 is 0. The highest BCUT2D eigenvalue weighted by Gasteiger charge is 2.23. The number of piperidine rings is 1. The lowest BCUT2D eigenvalue weighted by molar-refractivity contribution is -0.117. The van der Waals surface area contributed by atoms with E-state index in [1.54, 1.807) is 0 Å². The van der Waals surface area contributed by atoms with Gasteiger partial charge in [0.1, 0.15) is 0 Å². The fourth-order valence-electron chi connectivity index (χ4n) is 4.27. The zero-order valence-corrected chi connectivity index (χ0v) is 15.3. The third-order valence-electron chi connectivity index (χ3n) is 5.27. The first kappa shape index (κ1) is 17.3. The van der Waals surface area contributed by atoms with E-state index < -0.39 is 0 Å². The van der Waals surface area contributed by atoms with Gasteiger partial charge in [0.15, 0.2) is 0 Å². The molecule has 24 heavy (non-hydrogen) atoms. The smallest absolute Gasteiger partial charge is 0.238 e. The molecule has 132 valence electrons. The second-order valence-corrected chi connectivity index (χ2v) is 7.88. The number of carbonyl (C=O) groups excluding carboxylic acids is 1. The topological polar surface area (TPSA) is 35.6 Å². The minimum atomic E-state index is 0.105. The zero-order chi connectivity index (χ0) is 17.1. The van der Waals surface area contributed by atoms with Gasteiger partial charge in [-0.25, -0.2) is 0 Å². The maximum atomic E-state index is 12.4. The molecule has 0 spiro atoms. The van der Waals surface area contributed by atoms with E-state index in [1.807, 2.05) is 0 Å². The van der Waals surface area contributed by atoms with Gasteiger partial charge in [0.25, 0.3) is 0 Å². The Bertz CT molecular complexity index is 570. The van der Waals surface area contributed by atoms with Crippen molar-refractivity contribution in [2.75, 3.05) is 42.9 Å². The average Bonchev–Trinajstić information content (AvgIpc) is 3.02. The number of hydrogen-bond donors (Lipinski definition) is 1. The SMILES string of the molecule is Cc1cc(N2CCCC2)ccc1NC(=O)CN1CC(C)CC(C)C1. The van der Waals surface area contributed by atoms with E-state index in [4.69, 9.17) is 0 Å². The first-order chi connectivity index (χ1) is 11.5. The number of hydrogen-bond acceptors (Lipinski definition) is 3. The maximum absolute atomic E-state index is 12.4. The van der Waals surface area contributed by atoms with Gasteiger partial charge in [-0.15, -0.1) is 0 Å². The molecule has 1 N–H and O–H groups in total. The molecule has 1 aromatic carbocycles. The van der Waals surface area contributed by atoms with Crippen LogP contribution in [-0.2, 0) is 4.79 Å². The lowest BCUT2D eigenvalue weighted by atomic mass is 9.92. The Kier molecular flexibility index (Phi) is 5.44. The molecule has 1 aromatic rings. The van der Waals surface area contributed by atoms with Crippen molar-refractivity contribution >= 4 is 17.3 Å². The highest BCUT2D eigenvalue weighted by Crippen LogP contribution is 2.26. The number of aryl methyl sites for hydroxylation is 1. The molecule has 2 saturated heterocycles. The fourth-order valence-corrected chi connectivity index (χ4v) is 4.27. The molecule has 2 aliphatic rings. The van der Waals surface area contributed by atoms with Crippen LogP contribution >= 0.6 is 0 Å². The lowest BCUT2D eigenvalue weighted by Gasteiger charge is -2.34. The number of benzene rings is 1. The number of nitrogens with one attached hydrogen (secondary N) is 1. The molecule has 2 heterocycles. The molecule has 0 bridgehead atoms. The van der Waals surface area contributed by atoms with Crippen LogP contribution in [0, 0.1) is 18.8 Å². The van der Waals surface area contributed by atoms with E-state index in [9.17, 15) is 4.79 Å². The predicted octanol–water partition coefficient (Wildman–Crippen LogP) is 3.51. The highest BCUT2D eigenvalue weighted by molar-refractivity contribution is 5.93. The summed E-state index contributed by atoms with van der Waals surface area (Å²) in [6.45, 7) is 11.5. The van der Waals surface area contributed by atoms with E-state index >= 15 is 0 Å². The third-order valence-corrected chi connectivity index (χ3v) is 5.27.